The van der Waals surface area contributed by atoms with Gasteiger partial charge in [0, 0.05) is 17.3 Å². The maximum absolute atomic E-state index is 12.3. The summed E-state index contributed by atoms with van der Waals surface area (Å²) in [7, 11) is 0. The SMILES string of the molecule is CC(C)[C@@H](NC(=O)Nc1ccccc1)C(=O)OCC(=O)NCc1ccc(Cl)cc1. The zero-order chi connectivity index (χ0) is 21.2. The van der Waals surface area contributed by atoms with E-state index in [9.17, 15) is 14.4 Å². The lowest BCUT2D eigenvalue weighted by molar-refractivity contribution is -0.151. The third kappa shape index (κ3) is 7.83. The number of urea groups is 1. The molecule has 0 saturated heterocycles. The van der Waals surface area contributed by atoms with Crippen molar-refractivity contribution < 1.29 is 19.1 Å². The lowest BCUT2D eigenvalue weighted by Gasteiger charge is -2.21. The molecule has 0 radical (unpaired) electrons. The number of nitrogens with one attached hydrogen (secondary N) is 3. The predicted octanol–water partition coefficient (Wildman–Crippen LogP) is 3.35. The molecule has 0 unspecified atom stereocenters. The van der Waals surface area contributed by atoms with Crippen LogP contribution in [0.4, 0.5) is 10.5 Å². The maximum Gasteiger partial charge on any atom is 0.329 e. The highest BCUT2D eigenvalue weighted by Gasteiger charge is 2.26. The van der Waals surface area contributed by atoms with Crippen molar-refractivity contribution in [3.05, 3.63) is 65.2 Å². The van der Waals surface area contributed by atoms with E-state index in [1.54, 1.807) is 62.4 Å². The van der Waals surface area contributed by atoms with E-state index in [0.717, 1.165) is 5.56 Å². The first-order valence-corrected chi connectivity index (χ1v) is 9.53. The Labute approximate surface area is 174 Å². The van der Waals surface area contributed by atoms with Gasteiger partial charge in [-0.1, -0.05) is 55.8 Å². The first-order valence-electron chi connectivity index (χ1n) is 9.15. The molecule has 2 aromatic carbocycles. The van der Waals surface area contributed by atoms with Gasteiger partial charge in [0.15, 0.2) is 6.61 Å². The number of rotatable bonds is 8. The molecule has 0 fully saturated rings. The third-order valence-electron chi connectivity index (χ3n) is 3.99. The van der Waals surface area contributed by atoms with Crippen LogP contribution in [0, 0.1) is 5.92 Å². The van der Waals surface area contributed by atoms with Crippen molar-refractivity contribution in [3.63, 3.8) is 0 Å². The Morgan fingerprint density at radius 2 is 1.66 bits per heavy atom. The number of hydrogen-bond donors (Lipinski definition) is 3. The van der Waals surface area contributed by atoms with Gasteiger partial charge < -0.3 is 20.7 Å². The second-order valence-electron chi connectivity index (χ2n) is 6.70. The molecule has 2 rings (SSSR count). The third-order valence-corrected chi connectivity index (χ3v) is 4.24. The number of benzene rings is 2. The van der Waals surface area contributed by atoms with Crippen LogP contribution in [0.5, 0.6) is 0 Å². The molecule has 0 heterocycles. The number of anilines is 1. The van der Waals surface area contributed by atoms with Crippen LogP contribution >= 0.6 is 11.6 Å². The Hall–Kier alpha value is -3.06. The van der Waals surface area contributed by atoms with E-state index >= 15 is 0 Å². The second-order valence-corrected chi connectivity index (χ2v) is 7.13. The van der Waals surface area contributed by atoms with Gasteiger partial charge in [0.25, 0.3) is 5.91 Å². The summed E-state index contributed by atoms with van der Waals surface area (Å²) >= 11 is 5.82. The topological polar surface area (TPSA) is 96.5 Å². The fraction of sp³-hybridized carbons (Fsp3) is 0.286. The smallest absolute Gasteiger partial charge is 0.329 e. The number of para-hydroxylation sites is 1. The molecular formula is C21H24ClN3O4. The molecule has 0 aromatic heterocycles. The van der Waals surface area contributed by atoms with E-state index in [0.29, 0.717) is 17.3 Å². The molecule has 0 saturated carbocycles. The summed E-state index contributed by atoms with van der Waals surface area (Å²) in [5, 5.41) is 8.49. The van der Waals surface area contributed by atoms with Crippen LogP contribution in [0.2, 0.25) is 5.02 Å². The molecule has 7 nitrogen and oxygen atoms in total. The summed E-state index contributed by atoms with van der Waals surface area (Å²) < 4.78 is 5.07. The first-order chi connectivity index (χ1) is 13.8. The normalized spacial score (nSPS) is 11.4. The lowest BCUT2D eigenvalue weighted by Crippen LogP contribution is -2.47. The van der Waals surface area contributed by atoms with Gasteiger partial charge in [-0.15, -0.1) is 0 Å². The summed E-state index contributed by atoms with van der Waals surface area (Å²) in [4.78, 5) is 36.4. The highest BCUT2D eigenvalue weighted by atomic mass is 35.5. The van der Waals surface area contributed by atoms with Crippen molar-refractivity contribution in [2.75, 3.05) is 11.9 Å². The molecule has 0 bridgehead atoms. The molecule has 0 aliphatic carbocycles. The predicted molar refractivity (Wildman–Crippen MR) is 111 cm³/mol. The molecule has 2 aromatic rings. The second kappa shape index (κ2) is 11.1. The Balaban J connectivity index is 1.79. The highest BCUT2D eigenvalue weighted by molar-refractivity contribution is 6.30. The van der Waals surface area contributed by atoms with Crippen LogP contribution < -0.4 is 16.0 Å². The van der Waals surface area contributed by atoms with Gasteiger partial charge in [-0.3, -0.25) is 4.79 Å². The van der Waals surface area contributed by atoms with Crippen molar-refractivity contribution in [2.24, 2.45) is 5.92 Å². The molecule has 0 spiro atoms. The van der Waals surface area contributed by atoms with Crippen molar-refractivity contribution in [3.8, 4) is 0 Å². The van der Waals surface area contributed by atoms with Crippen LogP contribution in [0.3, 0.4) is 0 Å². The average molecular weight is 418 g/mol. The molecule has 3 amide bonds. The number of halogens is 1. The highest BCUT2D eigenvalue weighted by Crippen LogP contribution is 2.09. The summed E-state index contributed by atoms with van der Waals surface area (Å²) in [6.45, 7) is 3.40. The van der Waals surface area contributed by atoms with Gasteiger partial charge in [-0.2, -0.15) is 0 Å². The Morgan fingerprint density at radius 1 is 1.00 bits per heavy atom. The van der Waals surface area contributed by atoms with Gasteiger partial charge in [-0.25, -0.2) is 9.59 Å². The number of hydrogen-bond acceptors (Lipinski definition) is 4. The van der Waals surface area contributed by atoms with Crippen molar-refractivity contribution in [1.82, 2.24) is 10.6 Å². The van der Waals surface area contributed by atoms with Crippen molar-refractivity contribution >= 4 is 35.2 Å². The van der Waals surface area contributed by atoms with Gasteiger partial charge in [0.05, 0.1) is 0 Å². The van der Waals surface area contributed by atoms with Gasteiger partial charge in [0.1, 0.15) is 6.04 Å². The van der Waals surface area contributed by atoms with E-state index in [-0.39, 0.29) is 5.92 Å². The number of ether oxygens (including phenoxy) is 1. The molecular weight excluding hydrogens is 394 g/mol. The van der Waals surface area contributed by atoms with E-state index in [4.69, 9.17) is 16.3 Å². The minimum atomic E-state index is -0.886. The van der Waals surface area contributed by atoms with E-state index in [1.165, 1.54) is 0 Å². The molecule has 29 heavy (non-hydrogen) atoms. The number of carbonyl (C=O) groups is 3. The summed E-state index contributed by atoms with van der Waals surface area (Å²) in [6.07, 6.45) is 0. The summed E-state index contributed by atoms with van der Waals surface area (Å²) in [6, 6.07) is 14.5. The zero-order valence-corrected chi connectivity index (χ0v) is 17.0. The minimum Gasteiger partial charge on any atom is -0.454 e. The number of esters is 1. The number of amides is 3. The van der Waals surface area contributed by atoms with E-state index in [1.807, 2.05) is 6.07 Å². The van der Waals surface area contributed by atoms with E-state index < -0.39 is 30.6 Å². The largest absolute Gasteiger partial charge is 0.454 e. The fourth-order valence-corrected chi connectivity index (χ4v) is 2.53. The first kappa shape index (κ1) is 22.2. The average Bonchev–Trinajstić information content (AvgIpc) is 2.70. The van der Waals surface area contributed by atoms with Crippen LogP contribution in [-0.2, 0) is 20.9 Å². The standard InChI is InChI=1S/C21H24ClN3O4/c1-14(2)19(25-21(28)24-17-6-4-3-5-7-17)20(27)29-13-18(26)23-12-15-8-10-16(22)11-9-15/h3-11,14,19H,12-13H2,1-2H3,(H,23,26)(H2,24,25,28)/t19-/m1/s1. The molecule has 0 aliphatic rings. The molecule has 3 N–H and O–H groups in total. The number of carbonyl (C=O) groups excluding carboxylic acids is 3. The van der Waals surface area contributed by atoms with Crippen LogP contribution in [-0.4, -0.2) is 30.6 Å². The molecule has 0 aliphatic heterocycles. The molecule has 154 valence electrons. The van der Waals surface area contributed by atoms with Crippen LogP contribution in [0.25, 0.3) is 0 Å². The van der Waals surface area contributed by atoms with Gasteiger partial charge >= 0.3 is 12.0 Å². The summed E-state index contributed by atoms with van der Waals surface area (Å²) in [5.41, 5.74) is 1.47. The monoisotopic (exact) mass is 417 g/mol. The van der Waals surface area contributed by atoms with Gasteiger partial charge in [-0.05, 0) is 35.7 Å². The van der Waals surface area contributed by atoms with Crippen LogP contribution in [0.1, 0.15) is 19.4 Å². The molecule has 8 heteroatoms. The zero-order valence-electron chi connectivity index (χ0n) is 16.3. The maximum atomic E-state index is 12.3. The van der Waals surface area contributed by atoms with Crippen molar-refractivity contribution in [2.45, 2.75) is 26.4 Å². The van der Waals surface area contributed by atoms with E-state index in [2.05, 4.69) is 16.0 Å². The fourth-order valence-electron chi connectivity index (χ4n) is 2.41. The minimum absolute atomic E-state index is 0.221. The van der Waals surface area contributed by atoms with Gasteiger partial charge in [0.2, 0.25) is 0 Å². The Kier molecular flexibility index (Phi) is 8.48. The lowest BCUT2D eigenvalue weighted by atomic mass is 10.1. The van der Waals surface area contributed by atoms with Crippen molar-refractivity contribution in [1.29, 1.82) is 0 Å². The summed E-state index contributed by atoms with van der Waals surface area (Å²) in [5.74, 6) is -1.34. The Bertz CT molecular complexity index is 826. The van der Waals surface area contributed by atoms with Crippen LogP contribution in [0.15, 0.2) is 54.6 Å². The quantitative estimate of drug-likeness (QED) is 0.574. The molecule has 1 atom stereocenters. The Morgan fingerprint density at radius 3 is 2.28 bits per heavy atom.